The predicted octanol–water partition coefficient (Wildman–Crippen LogP) is 2.49. The zero-order chi connectivity index (χ0) is 15.4. The molecule has 0 unspecified atom stereocenters. The van der Waals surface area contributed by atoms with Gasteiger partial charge in [-0.3, -0.25) is 4.79 Å². The van der Waals surface area contributed by atoms with Gasteiger partial charge in [-0.1, -0.05) is 6.58 Å². The van der Waals surface area contributed by atoms with Crippen LogP contribution in [0.25, 0.3) is 0 Å². The van der Waals surface area contributed by atoms with Crippen LogP contribution in [0.3, 0.4) is 0 Å². The van der Waals surface area contributed by atoms with E-state index in [-0.39, 0.29) is 11.9 Å². The van der Waals surface area contributed by atoms with Gasteiger partial charge in [0, 0.05) is 0 Å². The highest BCUT2D eigenvalue weighted by atomic mass is 32.1. The summed E-state index contributed by atoms with van der Waals surface area (Å²) in [6.45, 7) is 3.60. The molecule has 6 nitrogen and oxygen atoms in total. The van der Waals surface area contributed by atoms with E-state index in [1.165, 1.54) is 29.8 Å². The smallest absolute Gasteiger partial charge is 0.350 e. The van der Waals surface area contributed by atoms with Crippen molar-refractivity contribution in [1.29, 1.82) is 0 Å². The van der Waals surface area contributed by atoms with E-state index in [2.05, 4.69) is 21.9 Å². The van der Waals surface area contributed by atoms with E-state index >= 15 is 0 Å². The Labute approximate surface area is 129 Å². The number of anilines is 2. The summed E-state index contributed by atoms with van der Waals surface area (Å²) < 4.78 is 4.47. The first-order valence-corrected chi connectivity index (χ1v) is 7.55. The van der Waals surface area contributed by atoms with Crippen molar-refractivity contribution in [2.24, 2.45) is 0 Å². The summed E-state index contributed by atoms with van der Waals surface area (Å²) in [5.41, 5.74) is 6.76. The number of carbonyl (C=O) groups excluding carboxylic acids is 2. The summed E-state index contributed by atoms with van der Waals surface area (Å²) in [6.07, 6.45) is 0. The molecule has 1 amide bonds. The molecule has 0 saturated heterocycles. The number of fused-ring (bicyclic) bond motifs is 1. The zero-order valence-electron chi connectivity index (χ0n) is 11.1. The van der Waals surface area contributed by atoms with E-state index in [1.807, 2.05) is 11.4 Å². The Bertz CT molecular complexity index is 690. The van der Waals surface area contributed by atoms with Gasteiger partial charge in [0.25, 0.3) is 5.91 Å². The summed E-state index contributed by atoms with van der Waals surface area (Å²) in [7, 11) is 1.33. The molecular formula is C13H13N3O3S2. The highest BCUT2D eigenvalue weighted by Crippen LogP contribution is 2.25. The summed E-state index contributed by atoms with van der Waals surface area (Å²) in [5, 5.41) is 9.16. The Morgan fingerprint density at radius 3 is 2.62 bits per heavy atom. The lowest BCUT2D eigenvalue weighted by Gasteiger charge is -2.16. The summed E-state index contributed by atoms with van der Waals surface area (Å²) in [6, 6.07) is 3.54. The second-order valence-corrected chi connectivity index (χ2v) is 5.75. The highest BCUT2D eigenvalue weighted by Gasteiger charge is 2.18. The molecule has 1 aliphatic rings. The molecule has 2 aromatic heterocycles. The molecule has 4 N–H and O–H groups in total. The van der Waals surface area contributed by atoms with E-state index in [1.54, 1.807) is 11.4 Å². The fourth-order valence-corrected chi connectivity index (χ4v) is 3.03. The van der Waals surface area contributed by atoms with Crippen molar-refractivity contribution in [1.82, 2.24) is 5.32 Å². The molecule has 3 heterocycles. The molecular weight excluding hydrogens is 310 g/mol. The van der Waals surface area contributed by atoms with Crippen LogP contribution in [0.1, 0.15) is 19.3 Å². The number of hydrogen-bond donors (Lipinski definition) is 3. The minimum absolute atomic E-state index is 0.0706. The molecule has 0 saturated carbocycles. The Hall–Kier alpha value is -2.32. The third kappa shape index (κ3) is 3.41. The first-order chi connectivity index (χ1) is 10.0. The topological polar surface area (TPSA) is 93.5 Å². The third-order valence-electron chi connectivity index (χ3n) is 2.49. The second kappa shape index (κ2) is 6.42. The van der Waals surface area contributed by atoms with Crippen LogP contribution >= 0.6 is 22.7 Å². The zero-order valence-corrected chi connectivity index (χ0v) is 12.8. The molecule has 2 aromatic rings. The number of amides is 1. The van der Waals surface area contributed by atoms with Crippen molar-refractivity contribution in [3.63, 3.8) is 0 Å². The Balaban J connectivity index is 0.000000155. The summed E-state index contributed by atoms with van der Waals surface area (Å²) >= 11 is 2.70. The molecule has 8 heteroatoms. The second-order valence-electron chi connectivity index (χ2n) is 3.92. The van der Waals surface area contributed by atoms with Gasteiger partial charge in [-0.2, -0.15) is 0 Å². The molecule has 0 atom stereocenters. The van der Waals surface area contributed by atoms with Gasteiger partial charge in [0.2, 0.25) is 0 Å². The fraction of sp³-hybridized carbons (Fsp3) is 0.0769. The van der Waals surface area contributed by atoms with Crippen LogP contribution in [-0.4, -0.2) is 19.0 Å². The van der Waals surface area contributed by atoms with Crippen LogP contribution in [0.5, 0.6) is 0 Å². The maximum absolute atomic E-state index is 11.2. The number of nitrogen functional groups attached to an aromatic ring is 1. The number of nitrogens with one attached hydrogen (secondary N) is 2. The average Bonchev–Trinajstić information content (AvgIpc) is 3.07. The van der Waals surface area contributed by atoms with Crippen LogP contribution in [-0.2, 0) is 4.74 Å². The first-order valence-electron chi connectivity index (χ1n) is 5.79. The first kappa shape index (κ1) is 15.1. The maximum atomic E-state index is 11.2. The fourth-order valence-electron chi connectivity index (χ4n) is 1.55. The Morgan fingerprint density at radius 2 is 2.00 bits per heavy atom. The number of rotatable bonds is 1. The number of ether oxygens (including phenoxy) is 1. The van der Waals surface area contributed by atoms with Gasteiger partial charge in [-0.15, -0.1) is 22.7 Å². The molecule has 21 heavy (non-hydrogen) atoms. The minimum Gasteiger partial charge on any atom is -0.465 e. The number of esters is 1. The quantitative estimate of drug-likeness (QED) is 0.701. The number of hydrogen-bond acceptors (Lipinski definition) is 7. The largest absolute Gasteiger partial charge is 0.465 e. The molecule has 3 rings (SSSR count). The lowest BCUT2D eigenvalue weighted by molar-refractivity contribution is 0.0607. The van der Waals surface area contributed by atoms with Gasteiger partial charge < -0.3 is 21.1 Å². The average molecular weight is 323 g/mol. The van der Waals surface area contributed by atoms with Crippen molar-refractivity contribution in [2.75, 3.05) is 18.2 Å². The van der Waals surface area contributed by atoms with Gasteiger partial charge >= 0.3 is 5.97 Å². The number of methoxy groups -OCH3 is 1. The van der Waals surface area contributed by atoms with Crippen molar-refractivity contribution < 1.29 is 14.3 Å². The van der Waals surface area contributed by atoms with Crippen molar-refractivity contribution >= 4 is 45.9 Å². The lowest BCUT2D eigenvalue weighted by atomic mass is 10.3. The molecule has 1 aliphatic heterocycles. The molecule has 0 aromatic carbocycles. The molecule has 0 radical (unpaired) electrons. The van der Waals surface area contributed by atoms with Crippen LogP contribution in [0, 0.1) is 0 Å². The summed E-state index contributed by atoms with van der Waals surface area (Å²) in [4.78, 5) is 23.2. The van der Waals surface area contributed by atoms with E-state index in [4.69, 9.17) is 5.73 Å². The molecule has 110 valence electrons. The Morgan fingerprint density at radius 1 is 1.29 bits per heavy atom. The van der Waals surface area contributed by atoms with E-state index in [0.29, 0.717) is 16.4 Å². The Kier molecular flexibility index (Phi) is 4.61. The van der Waals surface area contributed by atoms with Crippen molar-refractivity contribution in [3.05, 3.63) is 45.0 Å². The van der Waals surface area contributed by atoms with Gasteiger partial charge in [-0.05, 0) is 22.9 Å². The number of carbonyl (C=O) groups is 2. The van der Waals surface area contributed by atoms with Crippen LogP contribution in [0.4, 0.5) is 11.4 Å². The SMILES string of the molecule is C=C1NC(=O)c2sccc2N1.COC(=O)c1sccc1N. The maximum Gasteiger partial charge on any atom is 0.350 e. The van der Waals surface area contributed by atoms with E-state index in [9.17, 15) is 9.59 Å². The predicted molar refractivity (Wildman–Crippen MR) is 84.6 cm³/mol. The molecule has 0 aliphatic carbocycles. The van der Waals surface area contributed by atoms with Gasteiger partial charge in [-0.25, -0.2) is 4.79 Å². The highest BCUT2D eigenvalue weighted by molar-refractivity contribution is 7.13. The van der Waals surface area contributed by atoms with Crippen molar-refractivity contribution in [3.8, 4) is 0 Å². The van der Waals surface area contributed by atoms with Gasteiger partial charge in [0.15, 0.2) is 0 Å². The van der Waals surface area contributed by atoms with Gasteiger partial charge in [0.05, 0.1) is 18.5 Å². The summed E-state index contributed by atoms with van der Waals surface area (Å²) in [5.74, 6) is 0.104. The standard InChI is InChI=1S/C7H6N2OS.C6H7NO2S/c1-4-8-5-2-3-11-6(5)7(10)9-4;1-9-6(8)5-4(7)2-3-10-5/h2-3,8H,1H2,(H,9,10);2-3H,7H2,1H3. The molecule has 0 bridgehead atoms. The lowest BCUT2D eigenvalue weighted by Crippen LogP contribution is -2.30. The van der Waals surface area contributed by atoms with Crippen LogP contribution < -0.4 is 16.4 Å². The monoisotopic (exact) mass is 323 g/mol. The number of thiophene rings is 2. The molecule has 0 spiro atoms. The van der Waals surface area contributed by atoms with Gasteiger partial charge in [0.1, 0.15) is 15.6 Å². The number of nitrogens with two attached hydrogens (primary N) is 1. The van der Waals surface area contributed by atoms with Crippen LogP contribution in [0.2, 0.25) is 0 Å². The third-order valence-corrected chi connectivity index (χ3v) is 4.31. The van der Waals surface area contributed by atoms with Crippen LogP contribution in [0.15, 0.2) is 35.3 Å². The van der Waals surface area contributed by atoms with E-state index < -0.39 is 0 Å². The van der Waals surface area contributed by atoms with E-state index in [0.717, 1.165) is 10.6 Å². The van der Waals surface area contributed by atoms with Crippen molar-refractivity contribution in [2.45, 2.75) is 0 Å². The molecule has 0 fully saturated rings. The minimum atomic E-state index is -0.368. The normalized spacial score (nSPS) is 12.4.